The molecule has 0 bridgehead atoms. The Kier molecular flexibility index (Phi) is 6.93. The summed E-state index contributed by atoms with van der Waals surface area (Å²) in [6.07, 6.45) is 0. The van der Waals surface area contributed by atoms with E-state index in [1.165, 1.54) is 87.7 Å². The summed E-state index contributed by atoms with van der Waals surface area (Å²) >= 11 is 0. The molecule has 3 heterocycles. The average Bonchev–Trinajstić information content (AvgIpc) is 3.93. The van der Waals surface area contributed by atoms with Crippen LogP contribution in [0, 0.1) is 0 Å². The molecule has 0 N–H and O–H groups in total. The summed E-state index contributed by atoms with van der Waals surface area (Å²) in [5.74, 6) is 0. The van der Waals surface area contributed by atoms with E-state index >= 15 is 0 Å². The molecule has 0 aliphatic heterocycles. The smallest absolute Gasteiger partial charge is 0.0788 e. The van der Waals surface area contributed by atoms with Gasteiger partial charge < -0.3 is 13.7 Å². The lowest BCUT2D eigenvalue weighted by atomic mass is 9.98. The molecule has 266 valence electrons. The van der Waals surface area contributed by atoms with Gasteiger partial charge in [0.2, 0.25) is 0 Å². The highest BCUT2D eigenvalue weighted by Gasteiger charge is 2.22. The van der Waals surface area contributed by atoms with E-state index in [4.69, 9.17) is 0 Å². The predicted octanol–water partition coefficient (Wildman–Crippen LogP) is 14.3. The Bertz CT molecular complexity index is 3380. The van der Waals surface area contributed by atoms with Gasteiger partial charge in [0.25, 0.3) is 0 Å². The van der Waals surface area contributed by atoms with Gasteiger partial charge in [0.15, 0.2) is 0 Å². The van der Waals surface area contributed by atoms with Crippen molar-refractivity contribution in [2.45, 2.75) is 0 Å². The van der Waals surface area contributed by atoms with Crippen LogP contribution < -0.4 is 0 Å². The van der Waals surface area contributed by atoms with E-state index in [1.54, 1.807) is 0 Å². The molecule has 12 aromatic rings. The van der Waals surface area contributed by atoms with Crippen molar-refractivity contribution >= 4 is 65.4 Å². The van der Waals surface area contributed by atoms with Gasteiger partial charge in [0.1, 0.15) is 0 Å². The van der Waals surface area contributed by atoms with Crippen molar-refractivity contribution in [3.05, 3.63) is 212 Å². The molecule has 0 saturated carbocycles. The van der Waals surface area contributed by atoms with Crippen LogP contribution in [0.25, 0.3) is 105 Å². The molecule has 0 saturated heterocycles. The molecule has 9 aromatic carbocycles. The summed E-state index contributed by atoms with van der Waals surface area (Å²) in [4.78, 5) is 0. The molecule has 0 aliphatic rings. The quantitative estimate of drug-likeness (QED) is 0.168. The van der Waals surface area contributed by atoms with E-state index in [1.807, 2.05) is 0 Å². The van der Waals surface area contributed by atoms with Crippen LogP contribution in [0.4, 0.5) is 0 Å². The van der Waals surface area contributed by atoms with E-state index in [0.29, 0.717) is 0 Å². The summed E-state index contributed by atoms with van der Waals surface area (Å²) in [5.41, 5.74) is 15.3. The SMILES string of the molecule is c1ccc(-c2cc(-c3ccccc3)cc(-n3c4ccccc4c4ccc5c6ccccc6n(-c6ccc(-n7c8ccccc8c8ccccc87)cc6)c5c43)c2)cc1. The van der Waals surface area contributed by atoms with Gasteiger partial charge in [-0.15, -0.1) is 0 Å². The van der Waals surface area contributed by atoms with Gasteiger partial charge in [-0.25, -0.2) is 0 Å². The number of nitrogens with zero attached hydrogens (tertiary/aromatic N) is 3. The summed E-state index contributed by atoms with van der Waals surface area (Å²) in [5, 5.41) is 7.47. The molecule has 0 spiro atoms. The lowest BCUT2D eigenvalue weighted by molar-refractivity contribution is 1.13. The van der Waals surface area contributed by atoms with Crippen LogP contribution in [-0.2, 0) is 0 Å². The highest BCUT2D eigenvalue weighted by Crippen LogP contribution is 2.43. The first-order valence-corrected chi connectivity index (χ1v) is 19.6. The minimum Gasteiger partial charge on any atom is -0.309 e. The number of fused-ring (bicyclic) bond motifs is 10. The molecule has 12 rings (SSSR count). The third kappa shape index (κ3) is 4.79. The summed E-state index contributed by atoms with van der Waals surface area (Å²) in [6, 6.07) is 77.5. The van der Waals surface area contributed by atoms with Gasteiger partial charge >= 0.3 is 0 Å². The Hall–Kier alpha value is -7.62. The molecule has 0 unspecified atom stereocenters. The third-order valence-corrected chi connectivity index (χ3v) is 11.8. The first kappa shape index (κ1) is 31.7. The standard InChI is InChI=1S/C54H35N3/c1-3-15-36(16-4-1)38-33-39(37-17-5-2-6-18-37)35-42(34-38)57-52-26-14-10-22-46(52)48-32-31-47-45-21-9-13-25-51(45)56(53(47)54(48)57)41-29-27-40(28-30-41)55-49-23-11-7-19-43(49)44-20-8-12-24-50(44)55/h1-35H. The molecule has 0 fully saturated rings. The van der Waals surface area contributed by atoms with Crippen molar-refractivity contribution in [2.75, 3.05) is 0 Å². The normalized spacial score (nSPS) is 11.9. The Morgan fingerprint density at radius 3 is 0.982 bits per heavy atom. The summed E-state index contributed by atoms with van der Waals surface area (Å²) in [6.45, 7) is 0. The molecule has 3 nitrogen and oxygen atoms in total. The van der Waals surface area contributed by atoms with Gasteiger partial charge in [0, 0.05) is 49.4 Å². The molecule has 57 heavy (non-hydrogen) atoms. The number of para-hydroxylation sites is 4. The van der Waals surface area contributed by atoms with Crippen LogP contribution in [0.3, 0.4) is 0 Å². The van der Waals surface area contributed by atoms with Crippen molar-refractivity contribution < 1.29 is 0 Å². The number of rotatable bonds is 5. The second kappa shape index (κ2) is 12.5. The zero-order chi connectivity index (χ0) is 37.5. The lowest BCUT2D eigenvalue weighted by Crippen LogP contribution is -2.00. The van der Waals surface area contributed by atoms with Gasteiger partial charge in [-0.2, -0.15) is 0 Å². The second-order valence-electron chi connectivity index (χ2n) is 14.9. The molecule has 0 atom stereocenters. The van der Waals surface area contributed by atoms with Crippen LogP contribution in [-0.4, -0.2) is 13.7 Å². The van der Waals surface area contributed by atoms with Crippen LogP contribution in [0.15, 0.2) is 212 Å². The predicted molar refractivity (Wildman–Crippen MR) is 240 cm³/mol. The highest BCUT2D eigenvalue weighted by atomic mass is 15.0. The van der Waals surface area contributed by atoms with E-state index in [0.717, 1.165) is 17.1 Å². The molecule has 0 radical (unpaired) electrons. The third-order valence-electron chi connectivity index (χ3n) is 11.8. The van der Waals surface area contributed by atoms with Crippen molar-refractivity contribution in [3.8, 4) is 39.3 Å². The van der Waals surface area contributed by atoms with Crippen LogP contribution >= 0.6 is 0 Å². The largest absolute Gasteiger partial charge is 0.309 e. The van der Waals surface area contributed by atoms with Crippen molar-refractivity contribution in [1.82, 2.24) is 13.7 Å². The van der Waals surface area contributed by atoms with Crippen molar-refractivity contribution in [1.29, 1.82) is 0 Å². The number of benzene rings is 9. The van der Waals surface area contributed by atoms with Gasteiger partial charge in [-0.3, -0.25) is 0 Å². The molecule has 0 amide bonds. The fraction of sp³-hybridized carbons (Fsp3) is 0. The zero-order valence-corrected chi connectivity index (χ0v) is 31.0. The summed E-state index contributed by atoms with van der Waals surface area (Å²) in [7, 11) is 0. The Morgan fingerprint density at radius 1 is 0.211 bits per heavy atom. The highest BCUT2D eigenvalue weighted by molar-refractivity contribution is 6.24. The number of hydrogen-bond acceptors (Lipinski definition) is 0. The maximum absolute atomic E-state index is 2.51. The first-order chi connectivity index (χ1) is 28.3. The van der Waals surface area contributed by atoms with E-state index in [9.17, 15) is 0 Å². The van der Waals surface area contributed by atoms with Crippen LogP contribution in [0.1, 0.15) is 0 Å². The Labute approximate surface area is 329 Å². The van der Waals surface area contributed by atoms with E-state index in [2.05, 4.69) is 226 Å². The lowest BCUT2D eigenvalue weighted by Gasteiger charge is -2.16. The van der Waals surface area contributed by atoms with Gasteiger partial charge in [-0.1, -0.05) is 146 Å². The van der Waals surface area contributed by atoms with Crippen LogP contribution in [0.5, 0.6) is 0 Å². The van der Waals surface area contributed by atoms with Crippen LogP contribution in [0.2, 0.25) is 0 Å². The maximum Gasteiger partial charge on any atom is 0.0788 e. The Morgan fingerprint density at radius 2 is 0.544 bits per heavy atom. The number of hydrogen-bond donors (Lipinski definition) is 0. The maximum atomic E-state index is 2.51. The minimum atomic E-state index is 1.12. The average molecular weight is 726 g/mol. The monoisotopic (exact) mass is 725 g/mol. The summed E-state index contributed by atoms with van der Waals surface area (Å²) < 4.78 is 7.38. The number of aromatic nitrogens is 3. The fourth-order valence-electron chi connectivity index (χ4n) is 9.32. The zero-order valence-electron chi connectivity index (χ0n) is 31.0. The second-order valence-corrected chi connectivity index (χ2v) is 14.9. The fourth-order valence-corrected chi connectivity index (χ4v) is 9.32. The topological polar surface area (TPSA) is 14.8 Å². The first-order valence-electron chi connectivity index (χ1n) is 19.6. The molecular weight excluding hydrogens is 691 g/mol. The van der Waals surface area contributed by atoms with E-state index < -0.39 is 0 Å². The van der Waals surface area contributed by atoms with Gasteiger partial charge in [-0.05, 0) is 89.0 Å². The molecule has 3 heteroatoms. The van der Waals surface area contributed by atoms with E-state index in [-0.39, 0.29) is 0 Å². The van der Waals surface area contributed by atoms with Gasteiger partial charge in [0.05, 0.1) is 33.1 Å². The molecular formula is C54H35N3. The molecule has 0 aliphatic carbocycles. The Balaban J connectivity index is 1.16. The minimum absolute atomic E-state index is 1.12. The molecule has 3 aromatic heterocycles. The van der Waals surface area contributed by atoms with Crippen molar-refractivity contribution in [2.24, 2.45) is 0 Å². The van der Waals surface area contributed by atoms with Crippen molar-refractivity contribution in [3.63, 3.8) is 0 Å².